The molecule has 2 aromatic rings. The van der Waals surface area contributed by atoms with Crippen LogP contribution in [-0.2, 0) is 17.9 Å². The molecule has 0 radical (unpaired) electrons. The first-order valence-corrected chi connectivity index (χ1v) is 7.97. The van der Waals surface area contributed by atoms with Gasteiger partial charge in [-0.25, -0.2) is 0 Å². The molecule has 2 rings (SSSR count). The Bertz CT molecular complexity index is 690. The molecule has 0 saturated heterocycles. The summed E-state index contributed by atoms with van der Waals surface area (Å²) in [7, 11) is 1.95. The minimum Gasteiger partial charge on any atom is -0.325 e. The first-order chi connectivity index (χ1) is 10.9. The number of carbonyl (C=O) groups is 1. The molecule has 0 bridgehead atoms. The van der Waals surface area contributed by atoms with E-state index in [2.05, 4.69) is 24.3 Å². The molecule has 0 spiro atoms. The monoisotopic (exact) mass is 314 g/mol. The van der Waals surface area contributed by atoms with E-state index >= 15 is 0 Å². The number of aromatic nitrogens is 2. The van der Waals surface area contributed by atoms with Crippen molar-refractivity contribution in [3.8, 4) is 0 Å². The van der Waals surface area contributed by atoms with Crippen LogP contribution in [0.5, 0.6) is 0 Å². The van der Waals surface area contributed by atoms with Crippen LogP contribution in [0.2, 0.25) is 0 Å². The van der Waals surface area contributed by atoms with Crippen LogP contribution in [0.1, 0.15) is 29.3 Å². The van der Waals surface area contributed by atoms with Gasteiger partial charge in [0.1, 0.15) is 0 Å². The maximum atomic E-state index is 12.2. The van der Waals surface area contributed by atoms with Gasteiger partial charge < -0.3 is 5.32 Å². The highest BCUT2D eigenvalue weighted by molar-refractivity contribution is 5.93. The van der Waals surface area contributed by atoms with Crippen LogP contribution in [0.15, 0.2) is 24.4 Å². The molecular weight excluding hydrogens is 288 g/mol. The number of hydrogen-bond donors (Lipinski definition) is 1. The van der Waals surface area contributed by atoms with Crippen LogP contribution >= 0.6 is 0 Å². The quantitative estimate of drug-likeness (QED) is 0.892. The Kier molecular flexibility index (Phi) is 5.55. The Hall–Kier alpha value is -2.14. The van der Waals surface area contributed by atoms with E-state index in [0.29, 0.717) is 13.1 Å². The Morgan fingerprint density at radius 2 is 2.04 bits per heavy atom. The van der Waals surface area contributed by atoms with Gasteiger partial charge in [0.2, 0.25) is 5.91 Å². The molecule has 0 fully saturated rings. The number of rotatable bonds is 6. The van der Waals surface area contributed by atoms with Crippen LogP contribution < -0.4 is 5.32 Å². The van der Waals surface area contributed by atoms with Crippen LogP contribution in [0.4, 0.5) is 5.69 Å². The predicted molar refractivity (Wildman–Crippen MR) is 93.5 cm³/mol. The molecule has 0 aliphatic rings. The lowest BCUT2D eigenvalue weighted by atomic mass is 10.1. The van der Waals surface area contributed by atoms with E-state index in [1.165, 1.54) is 0 Å². The fourth-order valence-electron chi connectivity index (χ4n) is 2.61. The molecule has 5 heteroatoms. The zero-order chi connectivity index (χ0) is 17.0. The van der Waals surface area contributed by atoms with Crippen LogP contribution in [0, 0.1) is 20.8 Å². The minimum atomic E-state index is 0.00161. The third-order valence-electron chi connectivity index (χ3n) is 4.03. The average Bonchev–Trinajstić information content (AvgIpc) is 2.83. The maximum absolute atomic E-state index is 12.2. The average molecular weight is 314 g/mol. The molecule has 0 aliphatic heterocycles. The zero-order valence-electron chi connectivity index (χ0n) is 14.7. The van der Waals surface area contributed by atoms with E-state index in [0.717, 1.165) is 34.6 Å². The predicted octanol–water partition coefficient (Wildman–Crippen LogP) is 2.90. The number of nitrogens with one attached hydrogen (secondary N) is 1. The van der Waals surface area contributed by atoms with Crippen molar-refractivity contribution in [1.29, 1.82) is 0 Å². The van der Waals surface area contributed by atoms with Crippen molar-refractivity contribution in [1.82, 2.24) is 14.7 Å². The molecule has 1 aromatic carbocycles. The molecule has 1 heterocycles. The molecule has 1 aromatic heterocycles. The summed E-state index contributed by atoms with van der Waals surface area (Å²) in [6.07, 6.45) is 1.89. The summed E-state index contributed by atoms with van der Waals surface area (Å²) in [6, 6.07) is 6.07. The van der Waals surface area contributed by atoms with Gasteiger partial charge in [-0.15, -0.1) is 0 Å². The van der Waals surface area contributed by atoms with E-state index in [1.54, 1.807) is 0 Å². The molecule has 0 unspecified atom stereocenters. The SMILES string of the molecule is CCn1ncc(CN(C)CC(=O)Nc2cc(C)ccc2C)c1C. The molecule has 124 valence electrons. The summed E-state index contributed by atoms with van der Waals surface area (Å²) in [6.45, 7) is 10.1. The van der Waals surface area contributed by atoms with Gasteiger partial charge in [0.05, 0.1) is 12.7 Å². The summed E-state index contributed by atoms with van der Waals surface area (Å²) in [4.78, 5) is 14.3. The molecule has 0 aliphatic carbocycles. The summed E-state index contributed by atoms with van der Waals surface area (Å²) in [5.41, 5.74) is 5.43. The maximum Gasteiger partial charge on any atom is 0.238 e. The van der Waals surface area contributed by atoms with Gasteiger partial charge in [0, 0.05) is 30.0 Å². The van der Waals surface area contributed by atoms with Crippen LogP contribution in [0.3, 0.4) is 0 Å². The summed E-state index contributed by atoms with van der Waals surface area (Å²) >= 11 is 0. The number of amides is 1. The second kappa shape index (κ2) is 7.42. The zero-order valence-corrected chi connectivity index (χ0v) is 14.7. The number of anilines is 1. The Balaban J connectivity index is 1.94. The number of benzene rings is 1. The highest BCUT2D eigenvalue weighted by Gasteiger charge is 2.12. The van der Waals surface area contributed by atoms with Gasteiger partial charge in [0.15, 0.2) is 0 Å². The van der Waals surface area contributed by atoms with Gasteiger partial charge in [-0.3, -0.25) is 14.4 Å². The number of likely N-dealkylation sites (N-methyl/N-ethyl adjacent to an activating group) is 1. The normalized spacial score (nSPS) is 11.0. The molecule has 23 heavy (non-hydrogen) atoms. The smallest absolute Gasteiger partial charge is 0.238 e. The second-order valence-corrected chi connectivity index (χ2v) is 6.11. The Labute approximate surface area is 138 Å². The first-order valence-electron chi connectivity index (χ1n) is 7.97. The highest BCUT2D eigenvalue weighted by Crippen LogP contribution is 2.16. The van der Waals surface area contributed by atoms with Crippen molar-refractivity contribution in [2.75, 3.05) is 18.9 Å². The van der Waals surface area contributed by atoms with E-state index in [1.807, 2.05) is 54.9 Å². The topological polar surface area (TPSA) is 50.2 Å². The third kappa shape index (κ3) is 4.42. The first kappa shape index (κ1) is 17.2. The molecule has 1 amide bonds. The molecular formula is C18H26N4O. The van der Waals surface area contributed by atoms with Gasteiger partial charge in [-0.2, -0.15) is 5.10 Å². The van der Waals surface area contributed by atoms with Gasteiger partial charge in [0.25, 0.3) is 0 Å². The highest BCUT2D eigenvalue weighted by atomic mass is 16.2. The number of hydrogen-bond acceptors (Lipinski definition) is 3. The van der Waals surface area contributed by atoms with Crippen molar-refractivity contribution in [2.45, 2.75) is 40.8 Å². The van der Waals surface area contributed by atoms with E-state index in [9.17, 15) is 4.79 Å². The Morgan fingerprint density at radius 3 is 2.70 bits per heavy atom. The van der Waals surface area contributed by atoms with E-state index in [4.69, 9.17) is 0 Å². The Morgan fingerprint density at radius 1 is 1.30 bits per heavy atom. The summed E-state index contributed by atoms with van der Waals surface area (Å²) < 4.78 is 1.97. The standard InChI is InChI=1S/C18H26N4O/c1-6-22-15(4)16(10-19-22)11-21(5)12-18(23)20-17-9-13(2)7-8-14(17)3/h7-10H,6,11-12H2,1-5H3,(H,20,23). The van der Waals surface area contributed by atoms with Crippen molar-refractivity contribution in [3.05, 3.63) is 46.8 Å². The molecule has 1 N–H and O–H groups in total. The van der Waals surface area contributed by atoms with Gasteiger partial charge >= 0.3 is 0 Å². The lowest BCUT2D eigenvalue weighted by molar-refractivity contribution is -0.117. The van der Waals surface area contributed by atoms with Crippen LogP contribution in [0.25, 0.3) is 0 Å². The number of aryl methyl sites for hydroxylation is 3. The van der Waals surface area contributed by atoms with E-state index < -0.39 is 0 Å². The molecule has 0 atom stereocenters. The summed E-state index contributed by atoms with van der Waals surface area (Å²) in [5.74, 6) is 0.00161. The van der Waals surface area contributed by atoms with Gasteiger partial charge in [-0.05, 0) is 51.9 Å². The third-order valence-corrected chi connectivity index (χ3v) is 4.03. The van der Waals surface area contributed by atoms with Crippen molar-refractivity contribution in [2.24, 2.45) is 0 Å². The lowest BCUT2D eigenvalue weighted by Crippen LogP contribution is -2.30. The van der Waals surface area contributed by atoms with Crippen molar-refractivity contribution >= 4 is 11.6 Å². The van der Waals surface area contributed by atoms with Crippen molar-refractivity contribution in [3.63, 3.8) is 0 Å². The van der Waals surface area contributed by atoms with Crippen molar-refractivity contribution < 1.29 is 4.79 Å². The minimum absolute atomic E-state index is 0.00161. The lowest BCUT2D eigenvalue weighted by Gasteiger charge is -2.17. The van der Waals surface area contributed by atoms with Gasteiger partial charge in [-0.1, -0.05) is 12.1 Å². The molecule has 0 saturated carbocycles. The molecule has 5 nitrogen and oxygen atoms in total. The fourth-order valence-corrected chi connectivity index (χ4v) is 2.61. The summed E-state index contributed by atoms with van der Waals surface area (Å²) in [5, 5.41) is 7.34. The van der Waals surface area contributed by atoms with Crippen LogP contribution in [-0.4, -0.2) is 34.2 Å². The largest absolute Gasteiger partial charge is 0.325 e. The van der Waals surface area contributed by atoms with E-state index in [-0.39, 0.29) is 5.91 Å². The number of nitrogens with zero attached hydrogens (tertiary/aromatic N) is 3. The number of carbonyl (C=O) groups excluding carboxylic acids is 1. The fraction of sp³-hybridized carbons (Fsp3) is 0.444. The second-order valence-electron chi connectivity index (χ2n) is 6.11.